The van der Waals surface area contributed by atoms with Gasteiger partial charge in [-0.3, -0.25) is 0 Å². The minimum atomic E-state index is 0.339. The number of anilines is 1. The van der Waals surface area contributed by atoms with Crippen LogP contribution in [0.3, 0.4) is 0 Å². The van der Waals surface area contributed by atoms with Gasteiger partial charge in [0, 0.05) is 11.7 Å². The summed E-state index contributed by atoms with van der Waals surface area (Å²) in [6.07, 6.45) is 2.50. The second kappa shape index (κ2) is 5.89. The van der Waals surface area contributed by atoms with Crippen molar-refractivity contribution in [3.8, 4) is 0 Å². The molecular weight excluding hydrogens is 232 g/mol. The van der Waals surface area contributed by atoms with E-state index in [-0.39, 0.29) is 0 Å². The van der Waals surface area contributed by atoms with Crippen molar-refractivity contribution in [2.24, 2.45) is 0 Å². The highest BCUT2D eigenvalue weighted by Gasteiger charge is 2.25. The Morgan fingerprint density at radius 2 is 1.63 bits per heavy atom. The van der Waals surface area contributed by atoms with E-state index < -0.39 is 0 Å². The van der Waals surface area contributed by atoms with Gasteiger partial charge in [-0.2, -0.15) is 0 Å². The van der Waals surface area contributed by atoms with Gasteiger partial charge in [-0.05, 0) is 37.1 Å². The Morgan fingerprint density at radius 1 is 0.947 bits per heavy atom. The summed E-state index contributed by atoms with van der Waals surface area (Å²) in [5, 5.41) is 7.29. The SMILES string of the molecule is c1ccc(N[C@H](c2ccccc2)[C@H]2CCCN2)cc1. The van der Waals surface area contributed by atoms with Gasteiger partial charge in [0.1, 0.15) is 0 Å². The quantitative estimate of drug-likeness (QED) is 0.869. The van der Waals surface area contributed by atoms with E-state index >= 15 is 0 Å². The minimum Gasteiger partial charge on any atom is -0.377 e. The second-order valence-corrected chi connectivity index (χ2v) is 5.10. The molecule has 1 aliphatic rings. The molecule has 2 aromatic carbocycles. The fourth-order valence-electron chi connectivity index (χ4n) is 2.79. The van der Waals surface area contributed by atoms with Gasteiger partial charge in [-0.1, -0.05) is 48.5 Å². The maximum atomic E-state index is 3.67. The lowest BCUT2D eigenvalue weighted by Crippen LogP contribution is -2.33. The van der Waals surface area contributed by atoms with Crippen LogP contribution in [0.25, 0.3) is 0 Å². The van der Waals surface area contributed by atoms with Crippen LogP contribution in [-0.4, -0.2) is 12.6 Å². The lowest BCUT2D eigenvalue weighted by atomic mass is 9.97. The van der Waals surface area contributed by atoms with E-state index in [0.717, 1.165) is 6.54 Å². The molecule has 0 aliphatic carbocycles. The predicted octanol–water partition coefficient (Wildman–Crippen LogP) is 3.59. The molecule has 0 unspecified atom stereocenters. The monoisotopic (exact) mass is 252 g/mol. The van der Waals surface area contributed by atoms with E-state index in [9.17, 15) is 0 Å². The zero-order valence-electron chi connectivity index (χ0n) is 11.0. The van der Waals surface area contributed by atoms with Gasteiger partial charge in [0.05, 0.1) is 6.04 Å². The molecule has 19 heavy (non-hydrogen) atoms. The van der Waals surface area contributed by atoms with E-state index in [1.807, 2.05) is 0 Å². The zero-order valence-corrected chi connectivity index (χ0v) is 11.0. The number of nitrogens with one attached hydrogen (secondary N) is 2. The van der Waals surface area contributed by atoms with Gasteiger partial charge in [-0.25, -0.2) is 0 Å². The molecule has 1 aliphatic heterocycles. The van der Waals surface area contributed by atoms with E-state index in [1.54, 1.807) is 0 Å². The van der Waals surface area contributed by atoms with Crippen molar-refractivity contribution in [2.75, 3.05) is 11.9 Å². The van der Waals surface area contributed by atoms with Crippen molar-refractivity contribution in [2.45, 2.75) is 24.9 Å². The molecule has 0 saturated carbocycles. The zero-order chi connectivity index (χ0) is 12.9. The molecule has 0 radical (unpaired) electrons. The standard InChI is InChI=1S/C17H20N2/c1-3-8-14(9-4-1)17(16-12-7-13-18-16)19-15-10-5-2-6-11-15/h1-6,8-11,16-19H,7,12-13H2/t16-,17-/m1/s1. The van der Waals surface area contributed by atoms with Crippen LogP contribution >= 0.6 is 0 Å². The molecular formula is C17H20N2. The number of benzene rings is 2. The van der Waals surface area contributed by atoms with Crippen LogP contribution in [0, 0.1) is 0 Å². The Kier molecular flexibility index (Phi) is 3.80. The van der Waals surface area contributed by atoms with Gasteiger partial charge >= 0.3 is 0 Å². The first-order chi connectivity index (χ1) is 9.43. The number of hydrogen-bond donors (Lipinski definition) is 2. The van der Waals surface area contributed by atoms with Crippen molar-refractivity contribution < 1.29 is 0 Å². The second-order valence-electron chi connectivity index (χ2n) is 5.10. The summed E-state index contributed by atoms with van der Waals surface area (Å²) >= 11 is 0. The maximum absolute atomic E-state index is 3.67. The lowest BCUT2D eigenvalue weighted by Gasteiger charge is -2.26. The molecule has 2 aromatic rings. The summed E-state index contributed by atoms with van der Waals surface area (Å²) in [4.78, 5) is 0. The van der Waals surface area contributed by atoms with E-state index in [0.29, 0.717) is 12.1 Å². The summed E-state index contributed by atoms with van der Waals surface area (Å²) in [7, 11) is 0. The minimum absolute atomic E-state index is 0.339. The van der Waals surface area contributed by atoms with Crippen molar-refractivity contribution in [3.05, 3.63) is 66.2 Å². The molecule has 0 amide bonds. The summed E-state index contributed by atoms with van der Waals surface area (Å²) in [5.74, 6) is 0. The molecule has 2 N–H and O–H groups in total. The fraction of sp³-hybridized carbons (Fsp3) is 0.294. The van der Waals surface area contributed by atoms with Crippen LogP contribution < -0.4 is 10.6 Å². The fourth-order valence-corrected chi connectivity index (χ4v) is 2.79. The molecule has 1 saturated heterocycles. The van der Waals surface area contributed by atoms with Gasteiger partial charge in [0.25, 0.3) is 0 Å². The van der Waals surface area contributed by atoms with Crippen molar-refractivity contribution >= 4 is 5.69 Å². The highest BCUT2D eigenvalue weighted by atomic mass is 15.0. The summed E-state index contributed by atoms with van der Waals surface area (Å²) < 4.78 is 0. The summed E-state index contributed by atoms with van der Waals surface area (Å²) in [6, 6.07) is 22.0. The Hall–Kier alpha value is -1.80. The van der Waals surface area contributed by atoms with Crippen molar-refractivity contribution in [1.29, 1.82) is 0 Å². The smallest absolute Gasteiger partial charge is 0.0667 e. The molecule has 1 heterocycles. The van der Waals surface area contributed by atoms with Crippen molar-refractivity contribution in [3.63, 3.8) is 0 Å². The van der Waals surface area contributed by atoms with Crippen LogP contribution in [-0.2, 0) is 0 Å². The average molecular weight is 252 g/mol. The average Bonchev–Trinajstić information content (AvgIpc) is 3.01. The first-order valence-corrected chi connectivity index (χ1v) is 7.03. The molecule has 3 rings (SSSR count). The third-order valence-corrected chi connectivity index (χ3v) is 3.76. The normalized spacial score (nSPS) is 20.1. The summed E-state index contributed by atoms with van der Waals surface area (Å²) in [6.45, 7) is 1.13. The highest BCUT2D eigenvalue weighted by molar-refractivity contribution is 5.45. The number of rotatable bonds is 4. The van der Waals surface area contributed by atoms with Gasteiger partial charge in [0.15, 0.2) is 0 Å². The third-order valence-electron chi connectivity index (χ3n) is 3.76. The van der Waals surface area contributed by atoms with Gasteiger partial charge < -0.3 is 10.6 Å². The van der Waals surface area contributed by atoms with Gasteiger partial charge in [-0.15, -0.1) is 0 Å². The molecule has 0 spiro atoms. The third kappa shape index (κ3) is 2.96. The number of para-hydroxylation sites is 1. The molecule has 2 nitrogen and oxygen atoms in total. The molecule has 98 valence electrons. The Labute approximate surface area is 114 Å². The van der Waals surface area contributed by atoms with Gasteiger partial charge in [0.2, 0.25) is 0 Å². The van der Waals surface area contributed by atoms with Crippen LogP contribution in [0.1, 0.15) is 24.4 Å². The molecule has 2 heteroatoms. The van der Waals surface area contributed by atoms with Crippen LogP contribution in [0.4, 0.5) is 5.69 Å². The first kappa shape index (κ1) is 12.2. The van der Waals surface area contributed by atoms with Crippen LogP contribution in [0.5, 0.6) is 0 Å². The Balaban J connectivity index is 1.84. The first-order valence-electron chi connectivity index (χ1n) is 7.03. The van der Waals surface area contributed by atoms with E-state index in [2.05, 4.69) is 71.3 Å². The molecule has 2 atom stereocenters. The van der Waals surface area contributed by atoms with E-state index in [4.69, 9.17) is 0 Å². The van der Waals surface area contributed by atoms with Crippen LogP contribution in [0.2, 0.25) is 0 Å². The Morgan fingerprint density at radius 3 is 2.26 bits per heavy atom. The highest BCUT2D eigenvalue weighted by Crippen LogP contribution is 2.27. The molecule has 0 bridgehead atoms. The topological polar surface area (TPSA) is 24.1 Å². The number of hydrogen-bond acceptors (Lipinski definition) is 2. The summed E-state index contributed by atoms with van der Waals surface area (Å²) in [5.41, 5.74) is 2.54. The van der Waals surface area contributed by atoms with Crippen LogP contribution in [0.15, 0.2) is 60.7 Å². The lowest BCUT2D eigenvalue weighted by molar-refractivity contribution is 0.527. The predicted molar refractivity (Wildman–Crippen MR) is 80.3 cm³/mol. The van der Waals surface area contributed by atoms with E-state index in [1.165, 1.54) is 24.1 Å². The largest absolute Gasteiger partial charge is 0.377 e. The maximum Gasteiger partial charge on any atom is 0.0667 e. The Bertz CT molecular complexity index is 489. The molecule has 1 fully saturated rings. The van der Waals surface area contributed by atoms with Crippen molar-refractivity contribution in [1.82, 2.24) is 5.32 Å². The molecule has 0 aromatic heterocycles.